The van der Waals surface area contributed by atoms with Crippen LogP contribution in [0.5, 0.6) is 0 Å². The smallest absolute Gasteiger partial charge is 0.228 e. The molecule has 0 bridgehead atoms. The first-order valence-corrected chi connectivity index (χ1v) is 8.34. The Balaban J connectivity index is 0.00000225. The molecule has 25 heavy (non-hydrogen) atoms. The third-order valence-corrected chi connectivity index (χ3v) is 4.62. The predicted octanol–water partition coefficient (Wildman–Crippen LogP) is 2.36. The Kier molecular flexibility index (Phi) is 6.79. The van der Waals surface area contributed by atoms with E-state index in [4.69, 9.17) is 5.73 Å². The minimum atomic E-state index is 0. The molecule has 5 nitrogen and oxygen atoms in total. The zero-order chi connectivity index (χ0) is 16.9. The fraction of sp³-hybridized carbons (Fsp3) is 0.368. The lowest BCUT2D eigenvalue weighted by atomic mass is 10.2. The molecule has 6 heteroatoms. The summed E-state index contributed by atoms with van der Waals surface area (Å²) in [4.78, 5) is 21.0. The number of nitrogen functional groups attached to an aromatic ring is 1. The van der Waals surface area contributed by atoms with Gasteiger partial charge in [0, 0.05) is 38.4 Å². The van der Waals surface area contributed by atoms with Crippen LogP contribution in [0.3, 0.4) is 0 Å². The van der Waals surface area contributed by atoms with Crippen LogP contribution in [0, 0.1) is 0 Å². The Labute approximate surface area is 155 Å². The van der Waals surface area contributed by atoms with Gasteiger partial charge in [0.25, 0.3) is 0 Å². The molecule has 1 atom stereocenters. The maximum atomic E-state index is 12.5. The van der Waals surface area contributed by atoms with E-state index in [9.17, 15) is 4.79 Å². The molecule has 1 aromatic carbocycles. The van der Waals surface area contributed by atoms with Gasteiger partial charge in [-0.05, 0) is 24.1 Å². The molecular weight excluding hydrogens is 336 g/mol. The Morgan fingerprint density at radius 2 is 2.04 bits per heavy atom. The molecule has 1 unspecified atom stereocenters. The Bertz CT molecular complexity index is 678. The second-order valence-electron chi connectivity index (χ2n) is 6.43. The van der Waals surface area contributed by atoms with Crippen LogP contribution >= 0.6 is 12.4 Å². The van der Waals surface area contributed by atoms with E-state index in [1.54, 1.807) is 12.3 Å². The number of aromatic nitrogens is 1. The lowest BCUT2D eigenvalue weighted by molar-refractivity contribution is -0.131. The number of carbonyl (C=O) groups is 1. The van der Waals surface area contributed by atoms with E-state index in [0.717, 1.165) is 31.7 Å². The van der Waals surface area contributed by atoms with Gasteiger partial charge in [-0.3, -0.25) is 14.7 Å². The van der Waals surface area contributed by atoms with Crippen LogP contribution in [-0.2, 0) is 17.8 Å². The first-order valence-electron chi connectivity index (χ1n) is 8.34. The number of amides is 1. The SMILES string of the molecule is CN(C(=O)Cc1ccc(N)cn1)C1CCN(Cc2ccccc2)C1.Cl. The highest BCUT2D eigenvalue weighted by Crippen LogP contribution is 2.18. The van der Waals surface area contributed by atoms with Crippen molar-refractivity contribution in [2.45, 2.75) is 25.4 Å². The molecule has 1 aliphatic rings. The van der Waals surface area contributed by atoms with Gasteiger partial charge in [0.05, 0.1) is 18.3 Å². The summed E-state index contributed by atoms with van der Waals surface area (Å²) in [6.07, 6.45) is 2.94. The molecule has 2 N–H and O–H groups in total. The third-order valence-electron chi connectivity index (χ3n) is 4.62. The van der Waals surface area contributed by atoms with Crippen LogP contribution in [-0.4, -0.2) is 46.9 Å². The van der Waals surface area contributed by atoms with Gasteiger partial charge >= 0.3 is 0 Å². The predicted molar refractivity (Wildman–Crippen MR) is 102 cm³/mol. The molecule has 1 aromatic heterocycles. The molecule has 2 aromatic rings. The van der Waals surface area contributed by atoms with E-state index in [-0.39, 0.29) is 24.4 Å². The minimum Gasteiger partial charge on any atom is -0.397 e. The van der Waals surface area contributed by atoms with E-state index in [2.05, 4.69) is 34.1 Å². The fourth-order valence-electron chi connectivity index (χ4n) is 3.14. The fourth-order valence-corrected chi connectivity index (χ4v) is 3.14. The number of nitrogens with zero attached hydrogens (tertiary/aromatic N) is 3. The van der Waals surface area contributed by atoms with E-state index >= 15 is 0 Å². The Morgan fingerprint density at radius 3 is 2.72 bits per heavy atom. The number of benzene rings is 1. The number of rotatable bonds is 5. The number of hydrogen-bond acceptors (Lipinski definition) is 4. The zero-order valence-corrected chi connectivity index (χ0v) is 15.3. The van der Waals surface area contributed by atoms with Crippen molar-refractivity contribution in [3.05, 3.63) is 59.9 Å². The quantitative estimate of drug-likeness (QED) is 0.889. The summed E-state index contributed by atoms with van der Waals surface area (Å²) in [5, 5.41) is 0. The van der Waals surface area contributed by atoms with Gasteiger partial charge < -0.3 is 10.6 Å². The van der Waals surface area contributed by atoms with Crippen molar-refractivity contribution in [1.82, 2.24) is 14.8 Å². The zero-order valence-electron chi connectivity index (χ0n) is 14.5. The van der Waals surface area contributed by atoms with Crippen molar-refractivity contribution in [1.29, 1.82) is 0 Å². The molecule has 2 heterocycles. The summed E-state index contributed by atoms with van der Waals surface area (Å²) in [5.74, 6) is 0.110. The largest absolute Gasteiger partial charge is 0.397 e. The number of carbonyl (C=O) groups excluding carboxylic acids is 1. The first-order chi connectivity index (χ1) is 11.6. The van der Waals surface area contributed by atoms with Crippen LogP contribution in [0.25, 0.3) is 0 Å². The maximum Gasteiger partial charge on any atom is 0.228 e. The third kappa shape index (κ3) is 5.18. The first kappa shape index (κ1) is 19.2. The van der Waals surface area contributed by atoms with E-state index < -0.39 is 0 Å². The number of nitrogens with two attached hydrogens (primary N) is 1. The lowest BCUT2D eigenvalue weighted by Gasteiger charge is -2.25. The average molecular weight is 361 g/mol. The van der Waals surface area contributed by atoms with Gasteiger partial charge in [-0.2, -0.15) is 0 Å². The van der Waals surface area contributed by atoms with E-state index in [1.807, 2.05) is 24.1 Å². The van der Waals surface area contributed by atoms with Gasteiger partial charge in [-0.1, -0.05) is 30.3 Å². The van der Waals surface area contributed by atoms with Crippen molar-refractivity contribution in [2.75, 3.05) is 25.9 Å². The molecule has 1 aliphatic heterocycles. The second kappa shape index (κ2) is 8.83. The van der Waals surface area contributed by atoms with Gasteiger partial charge in [-0.25, -0.2) is 0 Å². The van der Waals surface area contributed by atoms with E-state index in [0.29, 0.717) is 12.1 Å². The summed E-state index contributed by atoms with van der Waals surface area (Å²) < 4.78 is 0. The van der Waals surface area contributed by atoms with Gasteiger partial charge in [-0.15, -0.1) is 12.4 Å². The molecule has 1 amide bonds. The number of halogens is 1. The monoisotopic (exact) mass is 360 g/mol. The summed E-state index contributed by atoms with van der Waals surface area (Å²) in [6.45, 7) is 2.89. The van der Waals surface area contributed by atoms with Crippen molar-refractivity contribution < 1.29 is 4.79 Å². The van der Waals surface area contributed by atoms with Crippen molar-refractivity contribution in [3.63, 3.8) is 0 Å². The molecule has 0 saturated carbocycles. The highest BCUT2D eigenvalue weighted by atomic mass is 35.5. The molecular formula is C19H25ClN4O. The number of pyridine rings is 1. The van der Waals surface area contributed by atoms with Crippen molar-refractivity contribution in [2.24, 2.45) is 0 Å². The Hall–Kier alpha value is -2.11. The number of likely N-dealkylation sites (N-methyl/N-ethyl adjacent to an activating group) is 1. The normalized spacial score (nSPS) is 17.1. The van der Waals surface area contributed by atoms with Crippen molar-refractivity contribution >= 4 is 24.0 Å². The minimum absolute atomic E-state index is 0. The summed E-state index contributed by atoms with van der Waals surface area (Å²) in [5.41, 5.74) is 8.33. The average Bonchev–Trinajstić information content (AvgIpc) is 3.05. The standard InChI is InChI=1S/C19H24N4O.ClH/c1-22(19(24)11-17-8-7-16(20)12-21-17)18-9-10-23(14-18)13-15-5-3-2-4-6-15;/h2-8,12,18H,9-11,13-14,20H2,1H3;1H. The van der Waals surface area contributed by atoms with Crippen LogP contribution in [0.2, 0.25) is 0 Å². The molecule has 1 saturated heterocycles. The molecule has 0 aliphatic carbocycles. The number of hydrogen-bond donors (Lipinski definition) is 1. The molecule has 3 rings (SSSR count). The number of anilines is 1. The summed E-state index contributed by atoms with van der Waals surface area (Å²) in [6, 6.07) is 14.3. The Morgan fingerprint density at radius 1 is 1.28 bits per heavy atom. The van der Waals surface area contributed by atoms with Gasteiger partial charge in [0.15, 0.2) is 0 Å². The van der Waals surface area contributed by atoms with Crippen LogP contribution in [0.4, 0.5) is 5.69 Å². The number of likely N-dealkylation sites (tertiary alicyclic amines) is 1. The molecule has 1 fully saturated rings. The maximum absolute atomic E-state index is 12.5. The van der Waals surface area contributed by atoms with Gasteiger partial charge in [0.1, 0.15) is 0 Å². The second-order valence-corrected chi connectivity index (χ2v) is 6.43. The summed E-state index contributed by atoms with van der Waals surface area (Å²) >= 11 is 0. The topological polar surface area (TPSA) is 62.5 Å². The lowest BCUT2D eigenvalue weighted by Crippen LogP contribution is -2.39. The summed E-state index contributed by atoms with van der Waals surface area (Å²) in [7, 11) is 1.90. The van der Waals surface area contributed by atoms with Crippen molar-refractivity contribution in [3.8, 4) is 0 Å². The highest BCUT2D eigenvalue weighted by molar-refractivity contribution is 5.85. The molecule has 0 spiro atoms. The van der Waals surface area contributed by atoms with E-state index in [1.165, 1.54) is 5.56 Å². The van der Waals surface area contributed by atoms with Crippen LogP contribution in [0.15, 0.2) is 48.7 Å². The van der Waals surface area contributed by atoms with Crippen LogP contribution < -0.4 is 5.73 Å². The molecule has 134 valence electrons. The van der Waals surface area contributed by atoms with Gasteiger partial charge in [0.2, 0.25) is 5.91 Å². The molecule has 0 radical (unpaired) electrons. The van der Waals surface area contributed by atoms with Crippen LogP contribution in [0.1, 0.15) is 17.7 Å². The highest BCUT2D eigenvalue weighted by Gasteiger charge is 2.28.